The summed E-state index contributed by atoms with van der Waals surface area (Å²) in [5, 5.41) is 8.57. The van der Waals surface area contributed by atoms with Crippen LogP contribution in [0, 0.1) is 0 Å². The number of ether oxygens (including phenoxy) is 2. The molecule has 0 saturated carbocycles. The summed E-state index contributed by atoms with van der Waals surface area (Å²) in [5.74, 6) is -0.287. The van der Waals surface area contributed by atoms with E-state index in [4.69, 9.17) is 14.6 Å². The van der Waals surface area contributed by atoms with E-state index in [0.29, 0.717) is 19.8 Å². The van der Waals surface area contributed by atoms with E-state index in [-0.39, 0.29) is 12.6 Å². The van der Waals surface area contributed by atoms with Gasteiger partial charge in [-0.2, -0.15) is 0 Å². The number of esters is 1. The van der Waals surface area contributed by atoms with Crippen molar-refractivity contribution < 1.29 is 19.4 Å². The van der Waals surface area contributed by atoms with Crippen LogP contribution in [0.3, 0.4) is 0 Å². The fraction of sp³-hybridized carbons (Fsp3) is 0.917. The molecule has 0 saturated heterocycles. The number of unbranched alkanes of at least 4 members (excludes halogenated alkanes) is 5. The molecule has 0 atom stereocenters. The lowest BCUT2D eigenvalue weighted by Crippen LogP contribution is -2.12. The van der Waals surface area contributed by atoms with Crippen molar-refractivity contribution in [3.63, 3.8) is 0 Å². The zero-order chi connectivity index (χ0) is 12.1. The van der Waals surface area contributed by atoms with Crippen LogP contribution in [-0.4, -0.2) is 37.5 Å². The maximum Gasteiger partial charge on any atom is 0.332 e. The van der Waals surface area contributed by atoms with E-state index < -0.39 is 0 Å². The summed E-state index contributed by atoms with van der Waals surface area (Å²) in [5.41, 5.74) is 0. The second-order valence-corrected chi connectivity index (χ2v) is 3.70. The Bertz CT molecular complexity index is 159. The molecule has 0 fully saturated rings. The zero-order valence-electron chi connectivity index (χ0n) is 10.2. The predicted octanol–water partition coefficient (Wildman–Crippen LogP) is 1.90. The summed E-state index contributed by atoms with van der Waals surface area (Å²) >= 11 is 0. The first-order valence-corrected chi connectivity index (χ1v) is 6.15. The molecule has 0 amide bonds. The van der Waals surface area contributed by atoms with E-state index in [1.54, 1.807) is 6.92 Å². The van der Waals surface area contributed by atoms with Crippen LogP contribution in [-0.2, 0) is 14.3 Å². The van der Waals surface area contributed by atoms with Gasteiger partial charge in [-0.25, -0.2) is 4.79 Å². The van der Waals surface area contributed by atoms with Crippen LogP contribution in [0.2, 0.25) is 0 Å². The zero-order valence-corrected chi connectivity index (χ0v) is 10.2. The molecule has 96 valence electrons. The third-order valence-corrected chi connectivity index (χ3v) is 2.22. The molecule has 0 bridgehead atoms. The first-order chi connectivity index (χ1) is 7.81. The summed E-state index contributed by atoms with van der Waals surface area (Å²) in [6.45, 7) is 3.18. The first kappa shape index (κ1) is 15.4. The van der Waals surface area contributed by atoms with Gasteiger partial charge in [0.25, 0.3) is 0 Å². The Balaban J connectivity index is 3.01. The van der Waals surface area contributed by atoms with Crippen LogP contribution >= 0.6 is 0 Å². The highest BCUT2D eigenvalue weighted by Crippen LogP contribution is 2.04. The smallest absolute Gasteiger partial charge is 0.332 e. The van der Waals surface area contributed by atoms with Gasteiger partial charge in [0.2, 0.25) is 0 Å². The third kappa shape index (κ3) is 11.5. The molecule has 0 spiro atoms. The Kier molecular flexibility index (Phi) is 12.0. The molecule has 16 heavy (non-hydrogen) atoms. The lowest BCUT2D eigenvalue weighted by molar-refractivity contribution is -0.148. The number of carbonyl (C=O) groups excluding carboxylic acids is 1. The highest BCUT2D eigenvalue weighted by atomic mass is 16.6. The fourth-order valence-electron chi connectivity index (χ4n) is 1.38. The van der Waals surface area contributed by atoms with Gasteiger partial charge in [0, 0.05) is 13.2 Å². The Morgan fingerprint density at radius 2 is 1.69 bits per heavy atom. The van der Waals surface area contributed by atoms with Crippen molar-refractivity contribution in [1.29, 1.82) is 0 Å². The van der Waals surface area contributed by atoms with Crippen LogP contribution in [0.15, 0.2) is 0 Å². The van der Waals surface area contributed by atoms with Gasteiger partial charge in [-0.05, 0) is 19.8 Å². The van der Waals surface area contributed by atoms with Crippen LogP contribution in [0.25, 0.3) is 0 Å². The van der Waals surface area contributed by atoms with Gasteiger partial charge in [-0.1, -0.05) is 25.7 Å². The number of hydrogen-bond donors (Lipinski definition) is 1. The standard InChI is InChI=1S/C12H24O4/c1-2-16-12(14)11-15-10-8-6-4-3-5-7-9-13/h13H,2-11H2,1H3. The monoisotopic (exact) mass is 232 g/mol. The Hall–Kier alpha value is -0.610. The molecule has 0 rings (SSSR count). The molecular formula is C12H24O4. The number of carbonyl (C=O) groups is 1. The highest BCUT2D eigenvalue weighted by molar-refractivity contribution is 5.70. The molecule has 0 aliphatic carbocycles. The van der Waals surface area contributed by atoms with Crippen LogP contribution in [0.5, 0.6) is 0 Å². The normalized spacial score (nSPS) is 10.4. The Labute approximate surface area is 97.9 Å². The lowest BCUT2D eigenvalue weighted by atomic mass is 10.1. The van der Waals surface area contributed by atoms with E-state index in [2.05, 4.69) is 0 Å². The van der Waals surface area contributed by atoms with Gasteiger partial charge < -0.3 is 14.6 Å². The molecule has 0 radical (unpaired) electrons. The van der Waals surface area contributed by atoms with Crippen molar-refractivity contribution in [2.24, 2.45) is 0 Å². The van der Waals surface area contributed by atoms with E-state index >= 15 is 0 Å². The van der Waals surface area contributed by atoms with Crippen molar-refractivity contribution >= 4 is 5.97 Å². The first-order valence-electron chi connectivity index (χ1n) is 6.15. The summed E-state index contributed by atoms with van der Waals surface area (Å²) in [6, 6.07) is 0. The minimum Gasteiger partial charge on any atom is -0.464 e. The molecule has 0 aromatic rings. The summed E-state index contributed by atoms with van der Waals surface area (Å²) in [4.78, 5) is 10.9. The quantitative estimate of drug-likeness (QED) is 0.436. The average Bonchev–Trinajstić information content (AvgIpc) is 2.27. The molecule has 0 aliphatic heterocycles. The van der Waals surface area contributed by atoms with Crippen molar-refractivity contribution in [3.8, 4) is 0 Å². The highest BCUT2D eigenvalue weighted by Gasteiger charge is 2.00. The van der Waals surface area contributed by atoms with Gasteiger partial charge in [-0.3, -0.25) is 0 Å². The fourth-order valence-corrected chi connectivity index (χ4v) is 1.38. The third-order valence-electron chi connectivity index (χ3n) is 2.22. The summed E-state index contributed by atoms with van der Waals surface area (Å²) < 4.78 is 9.89. The Morgan fingerprint density at radius 3 is 2.31 bits per heavy atom. The maximum atomic E-state index is 10.9. The minimum absolute atomic E-state index is 0.0678. The van der Waals surface area contributed by atoms with E-state index in [0.717, 1.165) is 25.7 Å². The second kappa shape index (κ2) is 12.5. The maximum absolute atomic E-state index is 10.9. The summed E-state index contributed by atoms with van der Waals surface area (Å²) in [7, 11) is 0. The number of hydrogen-bond acceptors (Lipinski definition) is 4. The molecule has 0 aromatic carbocycles. The van der Waals surface area contributed by atoms with Gasteiger partial charge >= 0.3 is 5.97 Å². The predicted molar refractivity (Wildman–Crippen MR) is 62.2 cm³/mol. The van der Waals surface area contributed by atoms with Crippen LogP contribution in [0.4, 0.5) is 0 Å². The molecule has 4 nitrogen and oxygen atoms in total. The van der Waals surface area contributed by atoms with Crippen molar-refractivity contribution in [3.05, 3.63) is 0 Å². The number of rotatable bonds is 11. The van der Waals surface area contributed by atoms with Gasteiger partial charge in [-0.15, -0.1) is 0 Å². The Morgan fingerprint density at radius 1 is 1.06 bits per heavy atom. The average molecular weight is 232 g/mol. The van der Waals surface area contributed by atoms with Crippen molar-refractivity contribution in [1.82, 2.24) is 0 Å². The molecule has 0 aromatic heterocycles. The van der Waals surface area contributed by atoms with E-state index in [9.17, 15) is 4.79 Å². The number of aliphatic hydroxyl groups is 1. The topological polar surface area (TPSA) is 55.8 Å². The molecule has 4 heteroatoms. The van der Waals surface area contributed by atoms with Crippen LogP contribution < -0.4 is 0 Å². The van der Waals surface area contributed by atoms with Gasteiger partial charge in [0.15, 0.2) is 0 Å². The molecule has 0 aliphatic rings. The molecule has 0 heterocycles. The number of aliphatic hydroxyl groups excluding tert-OH is 1. The molecule has 0 unspecified atom stereocenters. The molecule has 1 N–H and O–H groups in total. The van der Waals surface area contributed by atoms with E-state index in [1.165, 1.54) is 12.8 Å². The largest absolute Gasteiger partial charge is 0.464 e. The van der Waals surface area contributed by atoms with Crippen molar-refractivity contribution in [2.75, 3.05) is 26.4 Å². The van der Waals surface area contributed by atoms with E-state index in [1.807, 2.05) is 0 Å². The minimum atomic E-state index is -0.287. The summed E-state index contributed by atoms with van der Waals surface area (Å²) in [6.07, 6.45) is 6.44. The van der Waals surface area contributed by atoms with Gasteiger partial charge in [0.1, 0.15) is 6.61 Å². The van der Waals surface area contributed by atoms with Gasteiger partial charge in [0.05, 0.1) is 6.61 Å². The SMILES string of the molecule is CCOC(=O)COCCCCCCCCO. The van der Waals surface area contributed by atoms with Crippen LogP contribution in [0.1, 0.15) is 45.4 Å². The van der Waals surface area contributed by atoms with Crippen molar-refractivity contribution in [2.45, 2.75) is 45.4 Å². The lowest BCUT2D eigenvalue weighted by Gasteiger charge is -2.04. The molecular weight excluding hydrogens is 208 g/mol. The second-order valence-electron chi connectivity index (χ2n) is 3.70.